The molecule has 98 valence electrons. The minimum absolute atomic E-state index is 0.0923. The molecule has 5 nitrogen and oxygen atoms in total. The first-order valence-corrected chi connectivity index (χ1v) is 6.13. The molecule has 2 rings (SSSR count). The lowest BCUT2D eigenvalue weighted by atomic mass is 10.1. The van der Waals surface area contributed by atoms with Gasteiger partial charge in [-0.25, -0.2) is 0 Å². The van der Waals surface area contributed by atoms with E-state index in [4.69, 9.17) is 4.74 Å². The number of nitro groups is 1. The zero-order chi connectivity index (χ0) is 13.3. The average molecular weight is 250 g/mol. The van der Waals surface area contributed by atoms with E-state index in [0.717, 1.165) is 5.56 Å². The SMILES string of the molecule is Cc1ccc(N2C[C@H](C)O[C@@H](C)C2)c([N+](=O)[O-])c1. The van der Waals surface area contributed by atoms with Gasteiger partial charge in [-0.15, -0.1) is 0 Å². The molecule has 18 heavy (non-hydrogen) atoms. The molecule has 1 aliphatic heterocycles. The summed E-state index contributed by atoms with van der Waals surface area (Å²) in [5, 5.41) is 11.1. The van der Waals surface area contributed by atoms with Crippen LogP contribution in [0.3, 0.4) is 0 Å². The van der Waals surface area contributed by atoms with Gasteiger partial charge in [0.05, 0.1) is 17.1 Å². The fourth-order valence-corrected chi connectivity index (χ4v) is 2.42. The standard InChI is InChI=1S/C13H18N2O3/c1-9-4-5-12(13(6-9)15(16)17)14-7-10(2)18-11(3)8-14/h4-6,10-11H,7-8H2,1-3H3/t10-,11-/m0/s1. The van der Waals surface area contributed by atoms with Crippen molar-refractivity contribution in [2.75, 3.05) is 18.0 Å². The van der Waals surface area contributed by atoms with Crippen molar-refractivity contribution in [1.82, 2.24) is 0 Å². The van der Waals surface area contributed by atoms with Gasteiger partial charge in [-0.05, 0) is 32.4 Å². The van der Waals surface area contributed by atoms with Crippen LogP contribution in [0, 0.1) is 17.0 Å². The number of nitro benzene ring substituents is 1. The molecule has 0 bridgehead atoms. The third kappa shape index (κ3) is 2.61. The maximum absolute atomic E-state index is 11.1. The number of hydrogen-bond acceptors (Lipinski definition) is 4. The summed E-state index contributed by atoms with van der Waals surface area (Å²) in [7, 11) is 0. The predicted molar refractivity (Wildman–Crippen MR) is 70.1 cm³/mol. The summed E-state index contributed by atoms with van der Waals surface area (Å²) < 4.78 is 5.65. The van der Waals surface area contributed by atoms with Gasteiger partial charge in [0.25, 0.3) is 5.69 Å². The lowest BCUT2D eigenvalue weighted by Gasteiger charge is -2.36. The minimum atomic E-state index is -0.312. The summed E-state index contributed by atoms with van der Waals surface area (Å²) in [6, 6.07) is 5.37. The fraction of sp³-hybridized carbons (Fsp3) is 0.538. The molecule has 1 aliphatic rings. The molecular formula is C13H18N2O3. The van der Waals surface area contributed by atoms with Crippen LogP contribution in [0.2, 0.25) is 0 Å². The summed E-state index contributed by atoms with van der Waals surface area (Å²) >= 11 is 0. The zero-order valence-corrected chi connectivity index (χ0v) is 10.9. The molecule has 0 aromatic heterocycles. The van der Waals surface area contributed by atoms with Gasteiger partial charge in [0.1, 0.15) is 5.69 Å². The molecule has 1 aromatic rings. The van der Waals surface area contributed by atoms with Gasteiger partial charge in [-0.3, -0.25) is 10.1 Å². The van der Waals surface area contributed by atoms with Crippen molar-refractivity contribution in [2.45, 2.75) is 33.0 Å². The van der Waals surface area contributed by atoms with Crippen LogP contribution in [0.4, 0.5) is 11.4 Å². The Bertz CT molecular complexity index is 452. The second-order valence-electron chi connectivity index (χ2n) is 4.91. The molecule has 0 amide bonds. The van der Waals surface area contributed by atoms with Gasteiger partial charge in [0.15, 0.2) is 0 Å². The van der Waals surface area contributed by atoms with Crippen LogP contribution in [0.25, 0.3) is 0 Å². The Hall–Kier alpha value is -1.62. The number of aryl methyl sites for hydroxylation is 1. The summed E-state index contributed by atoms with van der Waals surface area (Å²) in [5.41, 5.74) is 1.77. The van der Waals surface area contributed by atoms with Gasteiger partial charge < -0.3 is 9.64 Å². The smallest absolute Gasteiger partial charge is 0.292 e. The Kier molecular flexibility index (Phi) is 3.52. The fourth-order valence-electron chi connectivity index (χ4n) is 2.42. The highest BCUT2D eigenvalue weighted by Gasteiger charge is 2.27. The number of ether oxygens (including phenoxy) is 1. The molecule has 2 atom stereocenters. The lowest BCUT2D eigenvalue weighted by molar-refractivity contribution is -0.384. The molecule has 1 aromatic carbocycles. The minimum Gasteiger partial charge on any atom is -0.372 e. The van der Waals surface area contributed by atoms with E-state index < -0.39 is 0 Å². The van der Waals surface area contributed by atoms with Crippen molar-refractivity contribution < 1.29 is 9.66 Å². The van der Waals surface area contributed by atoms with Crippen LogP contribution in [0.5, 0.6) is 0 Å². The molecule has 1 fully saturated rings. The van der Waals surface area contributed by atoms with Crippen LogP contribution in [0.1, 0.15) is 19.4 Å². The predicted octanol–water partition coefficient (Wildman–Crippen LogP) is 2.52. The average Bonchev–Trinajstić information content (AvgIpc) is 2.27. The quantitative estimate of drug-likeness (QED) is 0.598. The number of hydrogen-bond donors (Lipinski definition) is 0. The Morgan fingerprint density at radius 2 is 1.94 bits per heavy atom. The van der Waals surface area contributed by atoms with Crippen LogP contribution in [-0.4, -0.2) is 30.2 Å². The van der Waals surface area contributed by atoms with Crippen LogP contribution >= 0.6 is 0 Å². The van der Waals surface area contributed by atoms with E-state index in [1.54, 1.807) is 6.07 Å². The molecule has 0 unspecified atom stereocenters. The first kappa shape index (κ1) is 12.8. The van der Waals surface area contributed by atoms with Gasteiger partial charge in [-0.2, -0.15) is 0 Å². The van der Waals surface area contributed by atoms with E-state index in [-0.39, 0.29) is 22.8 Å². The van der Waals surface area contributed by atoms with Crippen LogP contribution in [0.15, 0.2) is 18.2 Å². The highest BCUT2D eigenvalue weighted by molar-refractivity contribution is 5.64. The van der Waals surface area contributed by atoms with Gasteiger partial charge in [0, 0.05) is 19.2 Å². The van der Waals surface area contributed by atoms with Crippen molar-refractivity contribution in [3.63, 3.8) is 0 Å². The van der Waals surface area contributed by atoms with Crippen LogP contribution in [-0.2, 0) is 4.74 Å². The number of anilines is 1. The molecule has 0 N–H and O–H groups in total. The van der Waals surface area contributed by atoms with Gasteiger partial charge >= 0.3 is 0 Å². The Balaban J connectivity index is 2.35. The highest BCUT2D eigenvalue weighted by Crippen LogP contribution is 2.31. The molecule has 0 radical (unpaired) electrons. The molecule has 1 saturated heterocycles. The number of rotatable bonds is 2. The zero-order valence-electron chi connectivity index (χ0n) is 10.9. The third-order valence-corrected chi connectivity index (χ3v) is 3.09. The molecule has 0 spiro atoms. The monoisotopic (exact) mass is 250 g/mol. The maximum atomic E-state index is 11.1. The van der Waals surface area contributed by atoms with E-state index in [0.29, 0.717) is 18.8 Å². The Morgan fingerprint density at radius 3 is 2.50 bits per heavy atom. The second-order valence-corrected chi connectivity index (χ2v) is 4.91. The molecule has 1 heterocycles. The van der Waals surface area contributed by atoms with E-state index in [1.165, 1.54) is 0 Å². The van der Waals surface area contributed by atoms with E-state index in [1.807, 2.05) is 37.8 Å². The number of nitrogens with zero attached hydrogens (tertiary/aromatic N) is 2. The molecular weight excluding hydrogens is 232 g/mol. The largest absolute Gasteiger partial charge is 0.372 e. The topological polar surface area (TPSA) is 55.6 Å². The van der Waals surface area contributed by atoms with Crippen molar-refractivity contribution in [2.24, 2.45) is 0 Å². The summed E-state index contributed by atoms with van der Waals surface area (Å²) in [4.78, 5) is 12.9. The highest BCUT2D eigenvalue weighted by atomic mass is 16.6. The third-order valence-electron chi connectivity index (χ3n) is 3.09. The van der Waals surface area contributed by atoms with Gasteiger partial charge in [0.2, 0.25) is 0 Å². The van der Waals surface area contributed by atoms with E-state index >= 15 is 0 Å². The first-order valence-electron chi connectivity index (χ1n) is 6.13. The molecule has 0 saturated carbocycles. The molecule has 0 aliphatic carbocycles. The van der Waals surface area contributed by atoms with Crippen LogP contribution < -0.4 is 4.90 Å². The maximum Gasteiger partial charge on any atom is 0.292 e. The Labute approximate surface area is 107 Å². The van der Waals surface area contributed by atoms with E-state index in [2.05, 4.69) is 0 Å². The number of morpholine rings is 1. The number of benzene rings is 1. The Morgan fingerprint density at radius 1 is 1.33 bits per heavy atom. The first-order chi connectivity index (χ1) is 8.47. The normalized spacial score (nSPS) is 24.1. The van der Waals surface area contributed by atoms with Gasteiger partial charge in [-0.1, -0.05) is 6.07 Å². The van der Waals surface area contributed by atoms with Crippen molar-refractivity contribution in [3.8, 4) is 0 Å². The summed E-state index contributed by atoms with van der Waals surface area (Å²) in [5.74, 6) is 0. The summed E-state index contributed by atoms with van der Waals surface area (Å²) in [6.07, 6.45) is 0.185. The van der Waals surface area contributed by atoms with Crippen molar-refractivity contribution >= 4 is 11.4 Å². The molecule has 5 heteroatoms. The van der Waals surface area contributed by atoms with Crippen molar-refractivity contribution in [3.05, 3.63) is 33.9 Å². The summed E-state index contributed by atoms with van der Waals surface area (Å²) in [6.45, 7) is 7.22. The second kappa shape index (κ2) is 4.94. The van der Waals surface area contributed by atoms with E-state index in [9.17, 15) is 10.1 Å². The van der Waals surface area contributed by atoms with Crippen molar-refractivity contribution in [1.29, 1.82) is 0 Å². The lowest BCUT2D eigenvalue weighted by Crippen LogP contribution is -2.45.